The van der Waals surface area contributed by atoms with Crippen molar-refractivity contribution in [3.05, 3.63) is 16.4 Å². The van der Waals surface area contributed by atoms with Gasteiger partial charge in [-0.05, 0) is 26.2 Å². The molecule has 2 unspecified atom stereocenters. The molecule has 0 saturated carbocycles. The van der Waals surface area contributed by atoms with Crippen LogP contribution in [-0.4, -0.2) is 39.4 Å². The van der Waals surface area contributed by atoms with Crippen molar-refractivity contribution in [2.45, 2.75) is 59.2 Å². The van der Waals surface area contributed by atoms with E-state index in [9.17, 15) is 0 Å². The fraction of sp³-hybridized carbons (Fsp3) is 0.812. The van der Waals surface area contributed by atoms with Gasteiger partial charge in [0.1, 0.15) is 5.15 Å². The molecular weight excluding hydrogens is 284 g/mol. The van der Waals surface area contributed by atoms with Crippen molar-refractivity contribution in [2.24, 2.45) is 13.0 Å². The highest BCUT2D eigenvalue weighted by atomic mass is 35.5. The molecule has 0 spiro atoms. The molecule has 0 radical (unpaired) electrons. The highest BCUT2D eigenvalue weighted by molar-refractivity contribution is 6.30. The van der Waals surface area contributed by atoms with Gasteiger partial charge in [0.05, 0.1) is 5.69 Å². The van der Waals surface area contributed by atoms with Crippen LogP contribution in [-0.2, 0) is 13.6 Å². The van der Waals surface area contributed by atoms with E-state index in [-0.39, 0.29) is 5.54 Å². The standard InChI is InChI=1S/C16H29ClN4/c1-7-16(5)10-21(14(8-18-16)11(2)3)9-13-12(4)19-20(6)15(13)17/h11,14,18H,7-10H2,1-6H3. The van der Waals surface area contributed by atoms with Crippen LogP contribution in [0.3, 0.4) is 0 Å². The van der Waals surface area contributed by atoms with Gasteiger partial charge < -0.3 is 5.32 Å². The minimum atomic E-state index is 0.188. The summed E-state index contributed by atoms with van der Waals surface area (Å²) in [4.78, 5) is 2.58. The molecular formula is C16H29ClN4. The van der Waals surface area contributed by atoms with E-state index in [0.717, 1.165) is 36.9 Å². The number of hydrogen-bond donors (Lipinski definition) is 1. The van der Waals surface area contributed by atoms with Crippen molar-refractivity contribution in [3.63, 3.8) is 0 Å². The van der Waals surface area contributed by atoms with Crippen molar-refractivity contribution >= 4 is 11.6 Å². The first kappa shape index (κ1) is 16.8. The second kappa shape index (κ2) is 6.27. The topological polar surface area (TPSA) is 33.1 Å². The Morgan fingerprint density at radius 3 is 2.62 bits per heavy atom. The quantitative estimate of drug-likeness (QED) is 0.928. The lowest BCUT2D eigenvalue weighted by Crippen LogP contribution is -2.63. The van der Waals surface area contributed by atoms with Crippen LogP contribution >= 0.6 is 11.6 Å². The van der Waals surface area contributed by atoms with Gasteiger partial charge in [-0.25, -0.2) is 0 Å². The van der Waals surface area contributed by atoms with Gasteiger partial charge in [0, 0.05) is 43.8 Å². The molecule has 21 heavy (non-hydrogen) atoms. The summed E-state index contributed by atoms with van der Waals surface area (Å²) in [5.74, 6) is 0.620. The molecule has 5 heteroatoms. The van der Waals surface area contributed by atoms with Crippen LogP contribution in [0.5, 0.6) is 0 Å². The summed E-state index contributed by atoms with van der Waals surface area (Å²) in [6.45, 7) is 14.2. The Bertz CT molecular complexity index is 497. The van der Waals surface area contributed by atoms with E-state index in [4.69, 9.17) is 11.6 Å². The van der Waals surface area contributed by atoms with Crippen LogP contribution in [0.15, 0.2) is 0 Å². The van der Waals surface area contributed by atoms with Crippen molar-refractivity contribution in [1.29, 1.82) is 0 Å². The van der Waals surface area contributed by atoms with Crippen LogP contribution in [0.1, 0.15) is 45.4 Å². The zero-order chi connectivity index (χ0) is 15.8. The van der Waals surface area contributed by atoms with E-state index in [1.165, 1.54) is 5.56 Å². The Morgan fingerprint density at radius 2 is 2.14 bits per heavy atom. The van der Waals surface area contributed by atoms with Gasteiger partial charge >= 0.3 is 0 Å². The first-order valence-electron chi connectivity index (χ1n) is 7.94. The van der Waals surface area contributed by atoms with Gasteiger partial charge in [-0.1, -0.05) is 32.4 Å². The molecule has 1 aliphatic heterocycles. The number of aromatic nitrogens is 2. The van der Waals surface area contributed by atoms with E-state index in [0.29, 0.717) is 12.0 Å². The number of aryl methyl sites for hydroxylation is 2. The van der Waals surface area contributed by atoms with Crippen molar-refractivity contribution in [1.82, 2.24) is 20.0 Å². The van der Waals surface area contributed by atoms with E-state index in [1.54, 1.807) is 4.68 Å². The SMILES string of the molecule is CCC1(C)CN(Cc2c(C)nn(C)c2Cl)C(C(C)C)CN1. The second-order valence-electron chi connectivity index (χ2n) is 6.99. The summed E-state index contributed by atoms with van der Waals surface area (Å²) in [7, 11) is 1.91. The third-order valence-electron chi connectivity index (χ3n) is 4.94. The summed E-state index contributed by atoms with van der Waals surface area (Å²) < 4.78 is 1.78. The van der Waals surface area contributed by atoms with E-state index in [1.807, 2.05) is 14.0 Å². The van der Waals surface area contributed by atoms with Crippen LogP contribution in [0.2, 0.25) is 5.15 Å². The Morgan fingerprint density at radius 1 is 1.48 bits per heavy atom. The smallest absolute Gasteiger partial charge is 0.131 e. The molecule has 1 aromatic heterocycles. The van der Waals surface area contributed by atoms with E-state index < -0.39 is 0 Å². The molecule has 1 saturated heterocycles. The maximum absolute atomic E-state index is 6.42. The van der Waals surface area contributed by atoms with Gasteiger partial charge in [-0.15, -0.1) is 0 Å². The maximum atomic E-state index is 6.42. The van der Waals surface area contributed by atoms with Crippen molar-refractivity contribution in [2.75, 3.05) is 13.1 Å². The monoisotopic (exact) mass is 312 g/mol. The summed E-state index contributed by atoms with van der Waals surface area (Å²) in [6.07, 6.45) is 1.13. The Balaban J connectivity index is 2.24. The van der Waals surface area contributed by atoms with Gasteiger partial charge in [0.2, 0.25) is 0 Å². The van der Waals surface area contributed by atoms with Gasteiger partial charge in [-0.2, -0.15) is 5.10 Å². The number of nitrogens with zero attached hydrogens (tertiary/aromatic N) is 3. The lowest BCUT2D eigenvalue weighted by atomic mass is 9.89. The van der Waals surface area contributed by atoms with Crippen LogP contribution in [0.4, 0.5) is 0 Å². The summed E-state index contributed by atoms with van der Waals surface area (Å²) >= 11 is 6.42. The highest BCUT2D eigenvalue weighted by Crippen LogP contribution is 2.27. The minimum absolute atomic E-state index is 0.188. The fourth-order valence-corrected chi connectivity index (χ4v) is 3.46. The minimum Gasteiger partial charge on any atom is -0.309 e. The average Bonchev–Trinajstić information content (AvgIpc) is 2.65. The van der Waals surface area contributed by atoms with Crippen LogP contribution < -0.4 is 5.32 Å². The highest BCUT2D eigenvalue weighted by Gasteiger charge is 2.36. The predicted octanol–water partition coefficient (Wildman–Crippen LogP) is 2.98. The van der Waals surface area contributed by atoms with Gasteiger partial charge in [0.25, 0.3) is 0 Å². The molecule has 1 fully saturated rings. The number of nitrogens with one attached hydrogen (secondary N) is 1. The first-order valence-corrected chi connectivity index (χ1v) is 8.32. The molecule has 120 valence electrons. The lowest BCUT2D eigenvalue weighted by Gasteiger charge is -2.47. The van der Waals surface area contributed by atoms with Gasteiger partial charge in [0.15, 0.2) is 0 Å². The molecule has 4 nitrogen and oxygen atoms in total. The molecule has 1 N–H and O–H groups in total. The van der Waals surface area contributed by atoms with Crippen LogP contribution in [0.25, 0.3) is 0 Å². The third kappa shape index (κ3) is 3.43. The van der Waals surface area contributed by atoms with E-state index in [2.05, 4.69) is 43.0 Å². The predicted molar refractivity (Wildman–Crippen MR) is 88.7 cm³/mol. The number of hydrogen-bond acceptors (Lipinski definition) is 3. The molecule has 0 aromatic carbocycles. The Hall–Kier alpha value is -0.580. The lowest BCUT2D eigenvalue weighted by molar-refractivity contribution is 0.0538. The summed E-state index contributed by atoms with van der Waals surface area (Å²) in [6, 6.07) is 0.542. The molecule has 2 rings (SSSR count). The molecule has 1 aromatic rings. The fourth-order valence-electron chi connectivity index (χ4n) is 3.23. The summed E-state index contributed by atoms with van der Waals surface area (Å²) in [5, 5.41) is 8.95. The average molecular weight is 313 g/mol. The molecule has 0 bridgehead atoms. The number of halogens is 1. The van der Waals surface area contributed by atoms with Crippen LogP contribution in [0, 0.1) is 12.8 Å². The first-order chi connectivity index (χ1) is 9.77. The number of piperazine rings is 1. The molecule has 0 amide bonds. The Labute approximate surface area is 133 Å². The maximum Gasteiger partial charge on any atom is 0.131 e. The Kier molecular flexibility index (Phi) is 5.01. The molecule has 2 heterocycles. The second-order valence-corrected chi connectivity index (χ2v) is 7.35. The van der Waals surface area contributed by atoms with Gasteiger partial charge in [-0.3, -0.25) is 9.58 Å². The normalized spacial score (nSPS) is 27.5. The zero-order valence-corrected chi connectivity index (χ0v) is 15.0. The largest absolute Gasteiger partial charge is 0.309 e. The van der Waals surface area contributed by atoms with Crippen molar-refractivity contribution in [3.8, 4) is 0 Å². The number of rotatable bonds is 4. The van der Waals surface area contributed by atoms with Crippen molar-refractivity contribution < 1.29 is 0 Å². The zero-order valence-electron chi connectivity index (χ0n) is 14.2. The molecule has 2 atom stereocenters. The molecule has 0 aliphatic carbocycles. The van der Waals surface area contributed by atoms with E-state index >= 15 is 0 Å². The summed E-state index contributed by atoms with van der Waals surface area (Å²) in [5.41, 5.74) is 2.40. The third-order valence-corrected chi connectivity index (χ3v) is 5.41. The molecule has 1 aliphatic rings.